The Labute approximate surface area is 124 Å². The van der Waals surface area contributed by atoms with Crippen LogP contribution < -0.4 is 5.32 Å². The van der Waals surface area contributed by atoms with Crippen LogP contribution in [0.2, 0.25) is 10.3 Å². The summed E-state index contributed by atoms with van der Waals surface area (Å²) in [6.07, 6.45) is -11.6. The number of halogens is 8. The number of rotatable bonds is 2. The number of nitrogens with zero attached hydrogens (tertiary/aromatic N) is 1. The van der Waals surface area contributed by atoms with Crippen molar-refractivity contribution in [3.8, 4) is 0 Å². The van der Waals surface area contributed by atoms with Gasteiger partial charge in [0, 0.05) is 0 Å². The lowest BCUT2D eigenvalue weighted by atomic mass is 10.1. The molecule has 3 nitrogen and oxygen atoms in total. The zero-order valence-electron chi connectivity index (χ0n) is 10.0. The number of aromatic nitrogens is 1. The molecule has 0 saturated heterocycles. The van der Waals surface area contributed by atoms with Crippen LogP contribution in [-0.2, 0) is 4.79 Å². The summed E-state index contributed by atoms with van der Waals surface area (Å²) < 4.78 is 74.3. The van der Waals surface area contributed by atoms with Crippen LogP contribution >= 0.6 is 23.2 Å². The summed E-state index contributed by atoms with van der Waals surface area (Å²) in [6.45, 7) is 1.28. The number of carbonyl (C=O) groups is 1. The Bertz CT molecular complexity index is 520. The van der Waals surface area contributed by atoms with E-state index in [0.29, 0.717) is 0 Å². The topological polar surface area (TPSA) is 42.0 Å². The fraction of sp³-hybridized carbons (Fsp3) is 0.400. The standard InChI is InChI=1S/C10H6Cl2F6N2O/c1-3-2-4(11)19-7(12)5(3)20-8(21)6(9(13,14)15)10(16,17)18/h2,6H,1H3,(H,20,21). The van der Waals surface area contributed by atoms with Gasteiger partial charge >= 0.3 is 12.4 Å². The molecule has 0 fully saturated rings. The Kier molecular flexibility index (Phi) is 4.99. The summed E-state index contributed by atoms with van der Waals surface area (Å²) in [4.78, 5) is 14.7. The van der Waals surface area contributed by atoms with Crippen LogP contribution in [0.4, 0.5) is 32.0 Å². The number of hydrogen-bond donors (Lipinski definition) is 1. The lowest BCUT2D eigenvalue weighted by molar-refractivity contribution is -0.272. The first-order chi connectivity index (χ1) is 9.34. The normalized spacial score (nSPS) is 12.7. The van der Waals surface area contributed by atoms with Crippen LogP contribution in [0.25, 0.3) is 0 Å². The molecule has 0 aliphatic rings. The van der Waals surface area contributed by atoms with Crippen molar-refractivity contribution in [2.24, 2.45) is 5.92 Å². The maximum Gasteiger partial charge on any atom is 0.409 e. The first-order valence-electron chi connectivity index (χ1n) is 5.11. The molecule has 1 aromatic heterocycles. The average Bonchev–Trinajstić information content (AvgIpc) is 2.18. The molecule has 21 heavy (non-hydrogen) atoms. The fourth-order valence-electron chi connectivity index (χ4n) is 1.42. The molecule has 1 aromatic rings. The molecule has 0 aliphatic heterocycles. The highest BCUT2D eigenvalue weighted by Crippen LogP contribution is 2.40. The van der Waals surface area contributed by atoms with Crippen LogP contribution in [0.5, 0.6) is 0 Å². The van der Waals surface area contributed by atoms with E-state index in [4.69, 9.17) is 23.2 Å². The first-order valence-corrected chi connectivity index (χ1v) is 5.86. The highest BCUT2D eigenvalue weighted by Gasteiger charge is 2.61. The van der Waals surface area contributed by atoms with Crippen molar-refractivity contribution in [3.63, 3.8) is 0 Å². The summed E-state index contributed by atoms with van der Waals surface area (Å²) in [7, 11) is 0. The van der Waals surface area contributed by atoms with Gasteiger partial charge in [0.2, 0.25) is 11.8 Å². The Morgan fingerprint density at radius 3 is 2.05 bits per heavy atom. The van der Waals surface area contributed by atoms with Crippen LogP contribution in [0, 0.1) is 12.8 Å². The number of carbonyl (C=O) groups excluding carboxylic acids is 1. The predicted octanol–water partition coefficient (Wildman–Crippen LogP) is 4.38. The first kappa shape index (κ1) is 17.8. The zero-order chi connectivity index (χ0) is 16.6. The maximum atomic E-state index is 12.4. The average molecular weight is 355 g/mol. The molecule has 118 valence electrons. The van der Waals surface area contributed by atoms with E-state index in [1.807, 2.05) is 0 Å². The van der Waals surface area contributed by atoms with Crippen molar-refractivity contribution in [2.75, 3.05) is 5.32 Å². The van der Waals surface area contributed by atoms with E-state index in [1.54, 1.807) is 0 Å². The van der Waals surface area contributed by atoms with Crippen molar-refractivity contribution in [2.45, 2.75) is 19.3 Å². The van der Waals surface area contributed by atoms with Gasteiger partial charge < -0.3 is 5.32 Å². The van der Waals surface area contributed by atoms with Crippen molar-refractivity contribution in [1.82, 2.24) is 4.98 Å². The lowest BCUT2D eigenvalue weighted by Crippen LogP contribution is -2.45. The SMILES string of the molecule is Cc1cc(Cl)nc(Cl)c1NC(=O)C(C(F)(F)F)C(F)(F)F. The Hall–Kier alpha value is -1.22. The van der Waals surface area contributed by atoms with Crippen molar-refractivity contribution >= 4 is 34.8 Å². The monoisotopic (exact) mass is 354 g/mol. The molecule has 0 radical (unpaired) electrons. The number of hydrogen-bond acceptors (Lipinski definition) is 2. The maximum absolute atomic E-state index is 12.4. The lowest BCUT2D eigenvalue weighted by Gasteiger charge is -2.22. The summed E-state index contributed by atoms with van der Waals surface area (Å²) in [5, 5.41) is 0.843. The smallest absolute Gasteiger partial charge is 0.322 e. The number of pyridine rings is 1. The highest BCUT2D eigenvalue weighted by molar-refractivity contribution is 6.34. The minimum Gasteiger partial charge on any atom is -0.322 e. The van der Waals surface area contributed by atoms with Crippen molar-refractivity contribution in [3.05, 3.63) is 21.9 Å². The van der Waals surface area contributed by atoms with E-state index in [2.05, 4.69) is 4.98 Å². The third-order valence-electron chi connectivity index (χ3n) is 2.31. The van der Waals surface area contributed by atoms with Gasteiger partial charge in [0.05, 0.1) is 5.69 Å². The Balaban J connectivity index is 3.15. The second kappa shape index (κ2) is 5.88. The predicted molar refractivity (Wildman–Crippen MR) is 63.2 cm³/mol. The van der Waals surface area contributed by atoms with Gasteiger partial charge in [-0.15, -0.1) is 0 Å². The van der Waals surface area contributed by atoms with Crippen LogP contribution in [-0.4, -0.2) is 23.2 Å². The molecule has 0 bridgehead atoms. The number of nitrogens with one attached hydrogen (secondary N) is 1. The molecule has 0 atom stereocenters. The van der Waals surface area contributed by atoms with Crippen LogP contribution in [0.1, 0.15) is 5.56 Å². The zero-order valence-corrected chi connectivity index (χ0v) is 11.5. The van der Waals surface area contributed by atoms with Crippen LogP contribution in [0.3, 0.4) is 0 Å². The molecule has 0 spiro atoms. The minimum absolute atomic E-state index is 0.0662. The van der Waals surface area contributed by atoms with Gasteiger partial charge in [-0.2, -0.15) is 26.3 Å². The number of amides is 1. The van der Waals surface area contributed by atoms with Crippen molar-refractivity contribution in [1.29, 1.82) is 0 Å². The second-order valence-electron chi connectivity index (χ2n) is 3.93. The summed E-state index contributed by atoms with van der Waals surface area (Å²) >= 11 is 11.0. The molecule has 0 aromatic carbocycles. The molecule has 11 heteroatoms. The van der Waals surface area contributed by atoms with E-state index in [-0.39, 0.29) is 10.7 Å². The van der Waals surface area contributed by atoms with Crippen molar-refractivity contribution < 1.29 is 31.1 Å². The molecule has 0 aliphatic carbocycles. The van der Waals surface area contributed by atoms with E-state index < -0.39 is 35.0 Å². The molecular weight excluding hydrogens is 349 g/mol. The van der Waals surface area contributed by atoms with Gasteiger partial charge in [-0.1, -0.05) is 23.2 Å². The van der Waals surface area contributed by atoms with Gasteiger partial charge in [0.15, 0.2) is 5.15 Å². The Morgan fingerprint density at radius 2 is 1.67 bits per heavy atom. The molecule has 1 rings (SSSR count). The van der Waals surface area contributed by atoms with E-state index in [9.17, 15) is 31.1 Å². The van der Waals surface area contributed by atoms with E-state index in [1.165, 1.54) is 12.2 Å². The third kappa shape index (κ3) is 4.37. The van der Waals surface area contributed by atoms with Gasteiger partial charge in [0.25, 0.3) is 0 Å². The number of aryl methyl sites for hydroxylation is 1. The van der Waals surface area contributed by atoms with Gasteiger partial charge in [-0.3, -0.25) is 4.79 Å². The molecule has 0 saturated carbocycles. The molecule has 1 N–H and O–H groups in total. The quantitative estimate of drug-likeness (QED) is 0.632. The second-order valence-corrected chi connectivity index (χ2v) is 4.68. The third-order valence-corrected chi connectivity index (χ3v) is 2.77. The fourth-order valence-corrected chi connectivity index (χ4v) is 2.00. The number of anilines is 1. The molecular formula is C10H6Cl2F6N2O. The molecule has 1 heterocycles. The highest BCUT2D eigenvalue weighted by atomic mass is 35.5. The summed E-state index contributed by atoms with van der Waals surface area (Å²) in [5.41, 5.74) is -0.402. The number of alkyl halides is 6. The Morgan fingerprint density at radius 1 is 1.19 bits per heavy atom. The van der Waals surface area contributed by atoms with Gasteiger partial charge in [-0.25, -0.2) is 4.98 Å². The van der Waals surface area contributed by atoms with E-state index in [0.717, 1.165) is 6.07 Å². The molecule has 0 unspecified atom stereocenters. The summed E-state index contributed by atoms with van der Waals surface area (Å²) in [6, 6.07) is 1.12. The minimum atomic E-state index is -5.79. The largest absolute Gasteiger partial charge is 0.409 e. The van der Waals surface area contributed by atoms with Gasteiger partial charge in [-0.05, 0) is 18.6 Å². The van der Waals surface area contributed by atoms with Gasteiger partial charge in [0.1, 0.15) is 5.15 Å². The van der Waals surface area contributed by atoms with E-state index >= 15 is 0 Å². The van der Waals surface area contributed by atoms with Crippen LogP contribution in [0.15, 0.2) is 6.07 Å². The summed E-state index contributed by atoms with van der Waals surface area (Å²) in [5.74, 6) is -6.47. The molecule has 1 amide bonds.